The molecule has 3 rings (SSSR count). The highest BCUT2D eigenvalue weighted by atomic mass is 16.5. The second-order valence-electron chi connectivity index (χ2n) is 5.36. The van der Waals surface area contributed by atoms with Gasteiger partial charge in [0.05, 0.1) is 11.3 Å². The number of H-pyrrole nitrogens is 1. The lowest BCUT2D eigenvalue weighted by atomic mass is 9.98. The van der Waals surface area contributed by atoms with E-state index in [4.69, 9.17) is 4.74 Å². The minimum absolute atomic E-state index is 0.405. The summed E-state index contributed by atoms with van der Waals surface area (Å²) in [6.45, 7) is 3.91. The van der Waals surface area contributed by atoms with Gasteiger partial charge in [-0.2, -0.15) is 0 Å². The number of carbonyl (C=O) groups excluding carboxylic acids is 1. The molecular formula is C15H16N2O3. The molecule has 1 aromatic carbocycles. The van der Waals surface area contributed by atoms with Gasteiger partial charge < -0.3 is 14.8 Å². The Kier molecular flexibility index (Phi) is 2.79. The van der Waals surface area contributed by atoms with Gasteiger partial charge in [0.25, 0.3) is 0 Å². The van der Waals surface area contributed by atoms with Crippen molar-refractivity contribution in [1.82, 2.24) is 4.98 Å². The van der Waals surface area contributed by atoms with Crippen LogP contribution >= 0.6 is 0 Å². The van der Waals surface area contributed by atoms with Gasteiger partial charge in [0.15, 0.2) is 24.6 Å². The van der Waals surface area contributed by atoms with E-state index < -0.39 is 5.60 Å². The lowest BCUT2D eigenvalue weighted by molar-refractivity contribution is 0.0786. The van der Waals surface area contributed by atoms with Crippen LogP contribution in [0.15, 0.2) is 30.3 Å². The fraction of sp³-hybridized carbons (Fsp3) is 0.267. The van der Waals surface area contributed by atoms with Crippen molar-refractivity contribution in [3.05, 3.63) is 41.6 Å². The number of carbonyl (C=O) groups is 1. The average Bonchev–Trinajstić information content (AvgIpc) is 2.97. The number of nitrogens with zero attached hydrogens (tertiary/aromatic N) is 1. The van der Waals surface area contributed by atoms with E-state index in [2.05, 4.69) is 4.98 Å². The predicted molar refractivity (Wildman–Crippen MR) is 75.5 cm³/mol. The fourth-order valence-electron chi connectivity index (χ4n) is 2.27. The number of anilines is 2. The molecule has 5 nitrogen and oxygen atoms in total. The summed E-state index contributed by atoms with van der Waals surface area (Å²) in [5.41, 5.74) is 1.42. The van der Waals surface area contributed by atoms with E-state index in [1.54, 1.807) is 19.9 Å². The van der Waals surface area contributed by atoms with Crippen LogP contribution in [0.5, 0.6) is 5.75 Å². The van der Waals surface area contributed by atoms with E-state index in [9.17, 15) is 9.90 Å². The highest BCUT2D eigenvalue weighted by Crippen LogP contribution is 2.38. The molecule has 2 N–H and O–H groups in total. The van der Waals surface area contributed by atoms with Crippen LogP contribution < -0.4 is 9.64 Å². The van der Waals surface area contributed by atoms with Crippen molar-refractivity contribution in [3.63, 3.8) is 0 Å². The molecule has 0 atom stereocenters. The van der Waals surface area contributed by atoms with Crippen molar-refractivity contribution >= 4 is 17.8 Å². The van der Waals surface area contributed by atoms with Crippen molar-refractivity contribution in [3.8, 4) is 5.75 Å². The van der Waals surface area contributed by atoms with Crippen LogP contribution in [0.4, 0.5) is 11.5 Å². The molecule has 1 aliphatic rings. The smallest absolute Gasteiger partial charge is 0.167 e. The summed E-state index contributed by atoms with van der Waals surface area (Å²) >= 11 is 0. The number of aldehydes is 1. The Morgan fingerprint density at radius 2 is 2.05 bits per heavy atom. The second kappa shape index (κ2) is 4.38. The van der Waals surface area contributed by atoms with Gasteiger partial charge in [-0.1, -0.05) is 12.1 Å². The van der Waals surface area contributed by atoms with Crippen molar-refractivity contribution in [2.75, 3.05) is 11.6 Å². The molecule has 0 aliphatic carbocycles. The molecule has 0 saturated heterocycles. The monoisotopic (exact) mass is 272 g/mol. The lowest BCUT2D eigenvalue weighted by Gasteiger charge is -2.20. The highest BCUT2D eigenvalue weighted by Gasteiger charge is 2.25. The van der Waals surface area contributed by atoms with Crippen molar-refractivity contribution in [2.45, 2.75) is 19.4 Å². The third-order valence-corrected chi connectivity index (χ3v) is 3.41. The summed E-state index contributed by atoms with van der Waals surface area (Å²) < 4.78 is 5.53. The standard InChI is InChI=1S/C15H16N2O3/c1-15(2,19)10-3-5-12(6-4-10)17-9-20-13-7-11(8-18)16-14(13)17/h3-8,16,19H,9H2,1-2H3. The molecule has 5 heteroatoms. The third kappa shape index (κ3) is 2.06. The topological polar surface area (TPSA) is 65.6 Å². The first-order chi connectivity index (χ1) is 9.49. The van der Waals surface area contributed by atoms with E-state index in [1.165, 1.54) is 0 Å². The molecule has 2 aromatic rings. The van der Waals surface area contributed by atoms with Gasteiger partial charge in [0.2, 0.25) is 0 Å². The van der Waals surface area contributed by atoms with Gasteiger partial charge >= 0.3 is 0 Å². The molecular weight excluding hydrogens is 256 g/mol. The Morgan fingerprint density at radius 3 is 2.65 bits per heavy atom. The van der Waals surface area contributed by atoms with Crippen molar-refractivity contribution in [2.24, 2.45) is 0 Å². The highest BCUT2D eigenvalue weighted by molar-refractivity contribution is 5.79. The first-order valence-electron chi connectivity index (χ1n) is 6.40. The maximum absolute atomic E-state index is 10.8. The summed E-state index contributed by atoms with van der Waals surface area (Å²) in [5.74, 6) is 1.46. The summed E-state index contributed by atoms with van der Waals surface area (Å²) in [5, 5.41) is 9.95. The third-order valence-electron chi connectivity index (χ3n) is 3.41. The molecule has 0 bridgehead atoms. The molecule has 0 unspecified atom stereocenters. The predicted octanol–water partition coefficient (Wildman–Crippen LogP) is 2.54. The largest absolute Gasteiger partial charge is 0.469 e. The van der Waals surface area contributed by atoms with Crippen LogP contribution in [0.3, 0.4) is 0 Å². The Bertz CT molecular complexity index is 638. The van der Waals surface area contributed by atoms with Gasteiger partial charge in [-0.15, -0.1) is 0 Å². The van der Waals surface area contributed by atoms with Crippen molar-refractivity contribution < 1.29 is 14.6 Å². The number of benzene rings is 1. The van der Waals surface area contributed by atoms with Gasteiger partial charge in [-0.05, 0) is 31.5 Å². The zero-order chi connectivity index (χ0) is 14.3. The minimum atomic E-state index is -0.859. The Morgan fingerprint density at radius 1 is 1.35 bits per heavy atom. The zero-order valence-corrected chi connectivity index (χ0v) is 11.4. The molecule has 0 amide bonds. The van der Waals surface area contributed by atoms with E-state index in [0.29, 0.717) is 18.2 Å². The van der Waals surface area contributed by atoms with Crippen LogP contribution in [-0.4, -0.2) is 23.1 Å². The minimum Gasteiger partial charge on any atom is -0.469 e. The number of aliphatic hydroxyl groups is 1. The fourth-order valence-corrected chi connectivity index (χ4v) is 2.27. The maximum Gasteiger partial charge on any atom is 0.167 e. The molecule has 104 valence electrons. The quantitative estimate of drug-likeness (QED) is 0.843. The number of hydrogen-bond acceptors (Lipinski definition) is 4. The van der Waals surface area contributed by atoms with E-state index in [0.717, 1.165) is 23.4 Å². The van der Waals surface area contributed by atoms with E-state index in [-0.39, 0.29) is 0 Å². The van der Waals surface area contributed by atoms with Crippen LogP contribution in [0, 0.1) is 0 Å². The lowest BCUT2D eigenvalue weighted by Crippen LogP contribution is -2.18. The molecule has 1 aromatic heterocycles. The summed E-state index contributed by atoms with van der Waals surface area (Å²) in [6, 6.07) is 9.31. The van der Waals surface area contributed by atoms with Crippen LogP contribution in [0.2, 0.25) is 0 Å². The van der Waals surface area contributed by atoms with Crippen molar-refractivity contribution in [1.29, 1.82) is 0 Å². The average molecular weight is 272 g/mol. The van der Waals surface area contributed by atoms with Gasteiger partial charge in [0, 0.05) is 11.8 Å². The molecule has 0 fully saturated rings. The zero-order valence-electron chi connectivity index (χ0n) is 11.4. The molecule has 2 heterocycles. The number of hydrogen-bond donors (Lipinski definition) is 2. The van der Waals surface area contributed by atoms with E-state index >= 15 is 0 Å². The maximum atomic E-state index is 10.8. The first kappa shape index (κ1) is 12.7. The van der Waals surface area contributed by atoms with Gasteiger partial charge in [-0.3, -0.25) is 9.69 Å². The number of nitrogens with one attached hydrogen (secondary N) is 1. The molecule has 0 spiro atoms. The molecule has 1 aliphatic heterocycles. The molecule has 0 radical (unpaired) electrons. The summed E-state index contributed by atoms with van der Waals surface area (Å²) in [7, 11) is 0. The van der Waals surface area contributed by atoms with E-state index in [1.807, 2.05) is 29.2 Å². The molecule has 20 heavy (non-hydrogen) atoms. The van der Waals surface area contributed by atoms with Crippen LogP contribution in [-0.2, 0) is 5.60 Å². The SMILES string of the molecule is CC(C)(O)c1ccc(N2COc3cc(C=O)[nH]c32)cc1. The Balaban J connectivity index is 1.92. The number of fused-ring (bicyclic) bond motifs is 1. The van der Waals surface area contributed by atoms with Gasteiger partial charge in [-0.25, -0.2) is 0 Å². The van der Waals surface area contributed by atoms with Crippen LogP contribution in [0.1, 0.15) is 29.9 Å². The normalized spacial score (nSPS) is 14.1. The number of rotatable bonds is 3. The summed E-state index contributed by atoms with van der Waals surface area (Å²) in [4.78, 5) is 15.7. The number of aromatic amines is 1. The first-order valence-corrected chi connectivity index (χ1v) is 6.40. The van der Waals surface area contributed by atoms with Gasteiger partial charge in [0.1, 0.15) is 0 Å². The molecule has 0 saturated carbocycles. The Hall–Kier alpha value is -2.27. The van der Waals surface area contributed by atoms with Crippen LogP contribution in [0.25, 0.3) is 0 Å². The second-order valence-corrected chi connectivity index (χ2v) is 5.36. The Labute approximate surface area is 116 Å². The number of ether oxygens (including phenoxy) is 1. The summed E-state index contributed by atoms with van der Waals surface area (Å²) in [6.07, 6.45) is 0.761. The number of aromatic nitrogens is 1.